The zero-order valence-corrected chi connectivity index (χ0v) is 15.1. The summed E-state index contributed by atoms with van der Waals surface area (Å²) in [6.45, 7) is 8.47. The number of aromatic nitrogens is 2. The van der Waals surface area contributed by atoms with Gasteiger partial charge in [-0.15, -0.1) is 0 Å². The second-order valence-corrected chi connectivity index (χ2v) is 7.44. The maximum atomic E-state index is 12.2. The highest BCUT2D eigenvalue weighted by Crippen LogP contribution is 2.19. The van der Waals surface area contributed by atoms with Crippen LogP contribution in [-0.4, -0.2) is 59.2 Å². The second kappa shape index (κ2) is 8.10. The molecule has 3 heterocycles. The van der Waals surface area contributed by atoms with Crippen LogP contribution in [0.15, 0.2) is 17.2 Å². The maximum absolute atomic E-state index is 12.2. The summed E-state index contributed by atoms with van der Waals surface area (Å²) in [5.74, 6) is 0.752. The van der Waals surface area contributed by atoms with Crippen LogP contribution >= 0.6 is 0 Å². The Morgan fingerprint density at radius 1 is 1.28 bits per heavy atom. The minimum atomic E-state index is -0.0301. The SMILES string of the molecule is CC(C)c1cc(=O)n(CC2CCN(CC3CNC(=O)CO3)CC2)cn1. The first-order valence-corrected chi connectivity index (χ1v) is 9.18. The number of hydrogen-bond donors (Lipinski definition) is 1. The molecule has 0 saturated carbocycles. The molecule has 25 heavy (non-hydrogen) atoms. The van der Waals surface area contributed by atoms with Gasteiger partial charge in [0, 0.05) is 25.7 Å². The van der Waals surface area contributed by atoms with E-state index in [1.807, 2.05) is 13.8 Å². The van der Waals surface area contributed by atoms with E-state index in [1.54, 1.807) is 17.0 Å². The van der Waals surface area contributed by atoms with E-state index in [1.165, 1.54) is 0 Å². The van der Waals surface area contributed by atoms with Gasteiger partial charge in [0.2, 0.25) is 5.91 Å². The van der Waals surface area contributed by atoms with E-state index >= 15 is 0 Å². The zero-order chi connectivity index (χ0) is 17.8. The van der Waals surface area contributed by atoms with Gasteiger partial charge in [-0.3, -0.25) is 14.2 Å². The molecular formula is C18H28N4O3. The Morgan fingerprint density at radius 3 is 2.64 bits per heavy atom. The lowest BCUT2D eigenvalue weighted by Gasteiger charge is -2.35. The number of likely N-dealkylation sites (tertiary alicyclic amines) is 1. The fourth-order valence-electron chi connectivity index (χ4n) is 3.46. The van der Waals surface area contributed by atoms with Crippen LogP contribution in [0.3, 0.4) is 0 Å². The minimum Gasteiger partial charge on any atom is -0.365 e. The van der Waals surface area contributed by atoms with E-state index in [0.29, 0.717) is 12.5 Å². The van der Waals surface area contributed by atoms with Gasteiger partial charge < -0.3 is 15.0 Å². The molecule has 7 nitrogen and oxygen atoms in total. The van der Waals surface area contributed by atoms with E-state index in [-0.39, 0.29) is 30.1 Å². The predicted molar refractivity (Wildman–Crippen MR) is 94.5 cm³/mol. The third-order valence-electron chi connectivity index (χ3n) is 5.09. The molecule has 138 valence electrons. The van der Waals surface area contributed by atoms with Crippen molar-refractivity contribution in [3.8, 4) is 0 Å². The average molecular weight is 348 g/mol. The van der Waals surface area contributed by atoms with E-state index in [2.05, 4.69) is 15.2 Å². The summed E-state index contributed by atoms with van der Waals surface area (Å²) in [4.78, 5) is 30.1. The number of carbonyl (C=O) groups excluding carboxylic acids is 1. The number of nitrogens with one attached hydrogen (secondary N) is 1. The number of morpholine rings is 1. The van der Waals surface area contributed by atoms with Gasteiger partial charge in [0.1, 0.15) is 6.61 Å². The van der Waals surface area contributed by atoms with Gasteiger partial charge in [-0.1, -0.05) is 13.8 Å². The molecule has 2 aliphatic heterocycles. The van der Waals surface area contributed by atoms with Gasteiger partial charge >= 0.3 is 0 Å². The van der Waals surface area contributed by atoms with Crippen molar-refractivity contribution >= 4 is 5.91 Å². The van der Waals surface area contributed by atoms with Gasteiger partial charge in [-0.25, -0.2) is 4.98 Å². The first-order valence-electron chi connectivity index (χ1n) is 9.18. The third-order valence-corrected chi connectivity index (χ3v) is 5.09. The van der Waals surface area contributed by atoms with E-state index in [9.17, 15) is 9.59 Å². The molecule has 0 spiro atoms. The van der Waals surface area contributed by atoms with E-state index in [0.717, 1.165) is 44.7 Å². The van der Waals surface area contributed by atoms with Crippen molar-refractivity contribution in [3.05, 3.63) is 28.4 Å². The number of hydrogen-bond acceptors (Lipinski definition) is 5. The van der Waals surface area contributed by atoms with Crippen LogP contribution < -0.4 is 10.9 Å². The van der Waals surface area contributed by atoms with Crippen molar-refractivity contribution in [2.45, 2.75) is 45.3 Å². The van der Waals surface area contributed by atoms with E-state index in [4.69, 9.17) is 4.74 Å². The molecule has 1 aromatic rings. The molecule has 2 fully saturated rings. The van der Waals surface area contributed by atoms with Crippen molar-refractivity contribution in [1.82, 2.24) is 19.8 Å². The Bertz CT molecular complexity index is 640. The van der Waals surface area contributed by atoms with Gasteiger partial charge in [-0.05, 0) is 37.8 Å². The highest BCUT2D eigenvalue weighted by atomic mass is 16.5. The quantitative estimate of drug-likeness (QED) is 0.843. The summed E-state index contributed by atoms with van der Waals surface area (Å²) >= 11 is 0. The topological polar surface area (TPSA) is 76.5 Å². The summed E-state index contributed by atoms with van der Waals surface area (Å²) in [5, 5.41) is 2.85. The molecule has 0 aromatic carbocycles. The monoisotopic (exact) mass is 348 g/mol. The Balaban J connectivity index is 1.46. The highest BCUT2D eigenvalue weighted by Gasteiger charge is 2.25. The first kappa shape index (κ1) is 18.1. The minimum absolute atomic E-state index is 0.0301. The Kier molecular flexibility index (Phi) is 5.86. The van der Waals surface area contributed by atoms with Crippen molar-refractivity contribution in [2.75, 3.05) is 32.8 Å². The van der Waals surface area contributed by atoms with Gasteiger partial charge in [0.25, 0.3) is 5.56 Å². The number of nitrogens with zero attached hydrogens (tertiary/aromatic N) is 3. The highest BCUT2D eigenvalue weighted by molar-refractivity contribution is 5.77. The molecule has 1 atom stereocenters. The molecule has 1 aromatic heterocycles. The van der Waals surface area contributed by atoms with Gasteiger partial charge in [0.05, 0.1) is 18.1 Å². The maximum Gasteiger partial charge on any atom is 0.253 e. The van der Waals surface area contributed by atoms with Crippen molar-refractivity contribution in [2.24, 2.45) is 5.92 Å². The number of amides is 1. The molecule has 0 bridgehead atoms. The molecule has 2 aliphatic rings. The fraction of sp³-hybridized carbons (Fsp3) is 0.722. The van der Waals surface area contributed by atoms with Gasteiger partial charge in [0.15, 0.2) is 0 Å². The fourth-order valence-corrected chi connectivity index (χ4v) is 3.46. The molecule has 1 amide bonds. The number of piperidine rings is 1. The lowest BCUT2D eigenvalue weighted by atomic mass is 9.96. The second-order valence-electron chi connectivity index (χ2n) is 7.44. The molecular weight excluding hydrogens is 320 g/mol. The zero-order valence-electron chi connectivity index (χ0n) is 15.1. The van der Waals surface area contributed by atoms with Gasteiger partial charge in [-0.2, -0.15) is 0 Å². The summed E-state index contributed by atoms with van der Waals surface area (Å²) < 4.78 is 7.30. The largest absolute Gasteiger partial charge is 0.365 e. The van der Waals surface area contributed by atoms with Crippen molar-refractivity contribution in [1.29, 1.82) is 0 Å². The van der Waals surface area contributed by atoms with Crippen molar-refractivity contribution in [3.63, 3.8) is 0 Å². The molecule has 1 unspecified atom stereocenters. The molecule has 2 saturated heterocycles. The van der Waals surface area contributed by atoms with E-state index < -0.39 is 0 Å². The molecule has 1 N–H and O–H groups in total. The number of rotatable bonds is 5. The number of ether oxygens (including phenoxy) is 1. The van der Waals surface area contributed by atoms with Crippen LogP contribution in [0.1, 0.15) is 38.3 Å². The summed E-state index contributed by atoms with van der Waals surface area (Å²) in [7, 11) is 0. The summed E-state index contributed by atoms with van der Waals surface area (Å²) in [6.07, 6.45) is 3.92. The smallest absolute Gasteiger partial charge is 0.253 e. The average Bonchev–Trinajstić information content (AvgIpc) is 2.60. The van der Waals surface area contributed by atoms with Crippen LogP contribution in [-0.2, 0) is 16.1 Å². The Morgan fingerprint density at radius 2 is 2.04 bits per heavy atom. The van der Waals surface area contributed by atoms with Crippen molar-refractivity contribution < 1.29 is 9.53 Å². The van der Waals surface area contributed by atoms with Crippen LogP contribution in [0.5, 0.6) is 0 Å². The summed E-state index contributed by atoms with van der Waals surface area (Å²) in [5.41, 5.74) is 0.906. The molecule has 7 heteroatoms. The number of carbonyl (C=O) groups is 1. The standard InChI is InChI=1S/C18H28N4O3/c1-13(2)16-7-18(24)22(12-20-16)9-14-3-5-21(6-4-14)10-15-8-19-17(23)11-25-15/h7,12-15H,3-6,8-11H2,1-2H3,(H,19,23). The molecule has 0 aliphatic carbocycles. The lowest BCUT2D eigenvalue weighted by molar-refractivity contribution is -0.134. The van der Waals surface area contributed by atoms with Crippen LogP contribution in [0, 0.1) is 5.92 Å². The normalized spacial score (nSPS) is 23.0. The molecule has 0 radical (unpaired) electrons. The first-order chi connectivity index (χ1) is 12.0. The lowest BCUT2D eigenvalue weighted by Crippen LogP contribution is -2.49. The van der Waals surface area contributed by atoms with Crippen LogP contribution in [0.2, 0.25) is 0 Å². The molecule has 3 rings (SSSR count). The van der Waals surface area contributed by atoms with Crippen LogP contribution in [0.4, 0.5) is 0 Å². The summed E-state index contributed by atoms with van der Waals surface area (Å²) in [6, 6.07) is 1.66. The van der Waals surface area contributed by atoms with Crippen LogP contribution in [0.25, 0.3) is 0 Å². The third kappa shape index (κ3) is 4.89. The Labute approximate surface area is 148 Å². The predicted octanol–water partition coefficient (Wildman–Crippen LogP) is 0.594. The Hall–Kier alpha value is -1.73.